The van der Waals surface area contributed by atoms with Gasteiger partial charge in [0.15, 0.2) is 0 Å². The van der Waals surface area contributed by atoms with Crippen LogP contribution in [0.2, 0.25) is 10.0 Å². The van der Waals surface area contributed by atoms with Gasteiger partial charge in [-0.2, -0.15) is 0 Å². The molecule has 0 radical (unpaired) electrons. The molecule has 0 spiro atoms. The first-order valence-electron chi connectivity index (χ1n) is 10.7. The Hall–Kier alpha value is -2.21. The third-order valence-electron chi connectivity index (χ3n) is 5.75. The van der Waals surface area contributed by atoms with Crippen molar-refractivity contribution in [3.05, 3.63) is 63.8 Å². The molecule has 1 saturated heterocycles. The number of nitrogens with one attached hydrogen (secondary N) is 2. The minimum Gasteiger partial charge on any atom is -0.490 e. The quantitative estimate of drug-likeness (QED) is 0.462. The number of aromatic nitrogens is 1. The Bertz CT molecular complexity index is 1060. The normalized spacial score (nSPS) is 15.3. The Labute approximate surface area is 192 Å². The third kappa shape index (κ3) is 5.53. The smallest absolute Gasteiger partial charge is 0.253 e. The number of fused-ring (bicyclic) bond motifs is 1. The van der Waals surface area contributed by atoms with Crippen molar-refractivity contribution in [3.8, 4) is 5.75 Å². The molecule has 31 heavy (non-hydrogen) atoms. The highest BCUT2D eigenvalue weighted by Crippen LogP contribution is 2.28. The van der Waals surface area contributed by atoms with Crippen LogP contribution < -0.4 is 10.1 Å². The standard InChI is InChI=1S/C24H27Cl2N3O2/c1-16-3-5-19-20(15-28-23(19)13-16)24(30)27-9-2-10-29-11-7-17(8-12-29)31-18-4-6-21(25)22(26)14-18/h3-6,13-15,17,28H,2,7-12H2,1H3,(H,27,30). The van der Waals surface area contributed by atoms with Gasteiger partial charge < -0.3 is 19.9 Å². The van der Waals surface area contributed by atoms with Crippen LogP contribution in [0, 0.1) is 6.92 Å². The molecule has 2 aromatic carbocycles. The van der Waals surface area contributed by atoms with Gasteiger partial charge in [-0.3, -0.25) is 4.79 Å². The Morgan fingerprint density at radius 3 is 2.74 bits per heavy atom. The summed E-state index contributed by atoms with van der Waals surface area (Å²) in [6, 6.07) is 11.5. The van der Waals surface area contributed by atoms with Crippen molar-refractivity contribution in [1.29, 1.82) is 0 Å². The number of carbonyl (C=O) groups excluding carboxylic acids is 1. The lowest BCUT2D eigenvalue weighted by molar-refractivity contribution is 0.0936. The Morgan fingerprint density at radius 1 is 1.16 bits per heavy atom. The Kier molecular flexibility index (Phi) is 7.06. The number of H-pyrrole nitrogens is 1. The molecule has 1 aliphatic rings. The first-order chi connectivity index (χ1) is 15.0. The lowest BCUT2D eigenvalue weighted by Gasteiger charge is -2.32. The van der Waals surface area contributed by atoms with E-state index < -0.39 is 0 Å². The largest absolute Gasteiger partial charge is 0.490 e. The number of nitrogens with zero attached hydrogens (tertiary/aromatic N) is 1. The molecule has 3 aromatic rings. The molecule has 1 aliphatic heterocycles. The molecule has 2 N–H and O–H groups in total. The van der Waals surface area contributed by atoms with E-state index >= 15 is 0 Å². The lowest BCUT2D eigenvalue weighted by Crippen LogP contribution is -2.39. The van der Waals surface area contributed by atoms with Crippen molar-refractivity contribution in [2.24, 2.45) is 0 Å². The van der Waals surface area contributed by atoms with E-state index in [-0.39, 0.29) is 12.0 Å². The van der Waals surface area contributed by atoms with E-state index in [2.05, 4.69) is 21.3 Å². The third-order valence-corrected chi connectivity index (χ3v) is 6.49. The molecule has 0 bridgehead atoms. The summed E-state index contributed by atoms with van der Waals surface area (Å²) in [4.78, 5) is 18.1. The SMILES string of the molecule is Cc1ccc2c(C(=O)NCCCN3CCC(Oc4ccc(Cl)c(Cl)c4)CC3)c[nH]c2c1. The van der Waals surface area contributed by atoms with Crippen LogP contribution in [-0.2, 0) is 0 Å². The van der Waals surface area contributed by atoms with Crippen LogP contribution in [0.4, 0.5) is 0 Å². The number of carbonyl (C=O) groups is 1. The Morgan fingerprint density at radius 2 is 1.97 bits per heavy atom. The maximum Gasteiger partial charge on any atom is 0.253 e. The molecule has 1 fully saturated rings. The number of piperidine rings is 1. The van der Waals surface area contributed by atoms with E-state index in [0.717, 1.165) is 55.5 Å². The van der Waals surface area contributed by atoms with Crippen molar-refractivity contribution in [1.82, 2.24) is 15.2 Å². The molecule has 5 nitrogen and oxygen atoms in total. The van der Waals surface area contributed by atoms with E-state index in [1.807, 2.05) is 25.1 Å². The monoisotopic (exact) mass is 459 g/mol. The van der Waals surface area contributed by atoms with E-state index in [9.17, 15) is 4.79 Å². The fraction of sp³-hybridized carbons (Fsp3) is 0.375. The molecule has 0 aliphatic carbocycles. The van der Waals surface area contributed by atoms with Gasteiger partial charge in [0.25, 0.3) is 5.91 Å². The van der Waals surface area contributed by atoms with E-state index in [4.69, 9.17) is 27.9 Å². The molecular formula is C24H27Cl2N3O2. The van der Waals surface area contributed by atoms with Crippen LogP contribution in [0.25, 0.3) is 10.9 Å². The number of hydrogen-bond donors (Lipinski definition) is 2. The topological polar surface area (TPSA) is 57.4 Å². The van der Waals surface area contributed by atoms with E-state index in [0.29, 0.717) is 22.2 Å². The number of amides is 1. The summed E-state index contributed by atoms with van der Waals surface area (Å²) < 4.78 is 6.05. The molecule has 2 heterocycles. The van der Waals surface area contributed by atoms with Crippen molar-refractivity contribution in [3.63, 3.8) is 0 Å². The summed E-state index contributed by atoms with van der Waals surface area (Å²) >= 11 is 12.0. The maximum absolute atomic E-state index is 12.5. The van der Waals surface area contributed by atoms with Gasteiger partial charge in [0.05, 0.1) is 15.6 Å². The average molecular weight is 460 g/mol. The van der Waals surface area contributed by atoms with Crippen molar-refractivity contribution in [2.75, 3.05) is 26.2 Å². The molecule has 0 atom stereocenters. The van der Waals surface area contributed by atoms with Crippen LogP contribution in [0.5, 0.6) is 5.75 Å². The van der Waals surface area contributed by atoms with Gasteiger partial charge in [0.2, 0.25) is 0 Å². The second kappa shape index (κ2) is 9.94. The second-order valence-corrected chi connectivity index (χ2v) is 8.91. The molecule has 1 amide bonds. The molecule has 4 rings (SSSR count). The highest BCUT2D eigenvalue weighted by molar-refractivity contribution is 6.42. The zero-order valence-electron chi connectivity index (χ0n) is 17.6. The number of rotatable bonds is 7. The second-order valence-electron chi connectivity index (χ2n) is 8.10. The van der Waals surface area contributed by atoms with Crippen LogP contribution in [-0.4, -0.2) is 48.1 Å². The van der Waals surface area contributed by atoms with E-state index in [1.54, 1.807) is 18.3 Å². The number of aromatic amines is 1. The van der Waals surface area contributed by atoms with Crippen LogP contribution >= 0.6 is 23.2 Å². The summed E-state index contributed by atoms with van der Waals surface area (Å²) in [5.41, 5.74) is 2.87. The highest BCUT2D eigenvalue weighted by Gasteiger charge is 2.20. The van der Waals surface area contributed by atoms with Gasteiger partial charge in [-0.1, -0.05) is 35.3 Å². The number of benzene rings is 2. The average Bonchev–Trinajstić information content (AvgIpc) is 3.18. The van der Waals surface area contributed by atoms with E-state index in [1.165, 1.54) is 5.56 Å². The van der Waals surface area contributed by atoms with Gasteiger partial charge in [0.1, 0.15) is 11.9 Å². The van der Waals surface area contributed by atoms with Crippen LogP contribution in [0.15, 0.2) is 42.6 Å². The molecule has 0 unspecified atom stereocenters. The predicted octanol–water partition coefficient (Wildman–Crippen LogP) is 5.45. The summed E-state index contributed by atoms with van der Waals surface area (Å²) in [5, 5.41) is 5.07. The molecule has 7 heteroatoms. The Balaban J connectivity index is 1.17. The fourth-order valence-electron chi connectivity index (χ4n) is 4.02. The van der Waals surface area contributed by atoms with Gasteiger partial charge >= 0.3 is 0 Å². The first kappa shape index (κ1) is 22.0. The van der Waals surface area contributed by atoms with Gasteiger partial charge in [-0.15, -0.1) is 0 Å². The highest BCUT2D eigenvalue weighted by atomic mass is 35.5. The van der Waals surface area contributed by atoms with Crippen molar-refractivity contribution in [2.45, 2.75) is 32.3 Å². The fourth-order valence-corrected chi connectivity index (χ4v) is 4.31. The van der Waals surface area contributed by atoms with Gasteiger partial charge in [-0.25, -0.2) is 0 Å². The summed E-state index contributed by atoms with van der Waals surface area (Å²) in [5.74, 6) is 0.742. The molecule has 1 aromatic heterocycles. The summed E-state index contributed by atoms with van der Waals surface area (Å²) in [7, 11) is 0. The zero-order valence-corrected chi connectivity index (χ0v) is 19.1. The summed E-state index contributed by atoms with van der Waals surface area (Å²) in [6.45, 7) is 5.65. The van der Waals surface area contributed by atoms with Gasteiger partial charge in [-0.05, 0) is 56.5 Å². The predicted molar refractivity (Wildman–Crippen MR) is 127 cm³/mol. The molecule has 0 saturated carbocycles. The minimum atomic E-state index is -0.0242. The number of aryl methyl sites for hydroxylation is 1. The van der Waals surface area contributed by atoms with Crippen LogP contribution in [0.3, 0.4) is 0 Å². The number of halogens is 2. The number of likely N-dealkylation sites (tertiary alicyclic amines) is 1. The molecular weight excluding hydrogens is 433 g/mol. The molecule has 164 valence electrons. The summed E-state index contributed by atoms with van der Waals surface area (Å²) in [6.07, 6.45) is 4.85. The maximum atomic E-state index is 12.5. The van der Waals surface area contributed by atoms with Crippen molar-refractivity contribution < 1.29 is 9.53 Å². The van der Waals surface area contributed by atoms with Crippen LogP contribution in [0.1, 0.15) is 35.2 Å². The number of hydrogen-bond acceptors (Lipinski definition) is 3. The number of ether oxygens (including phenoxy) is 1. The minimum absolute atomic E-state index is 0.0242. The zero-order chi connectivity index (χ0) is 21.8. The van der Waals surface area contributed by atoms with Crippen molar-refractivity contribution >= 4 is 40.0 Å². The lowest BCUT2D eigenvalue weighted by atomic mass is 10.1. The first-order valence-corrected chi connectivity index (χ1v) is 11.4. The van der Waals surface area contributed by atoms with Gasteiger partial charge in [0, 0.05) is 42.8 Å².